The molecule has 0 aliphatic rings. The van der Waals surface area contributed by atoms with E-state index in [1.807, 2.05) is 19.1 Å². The molecular formula is C15H16FNO2. The van der Waals surface area contributed by atoms with Crippen LogP contribution in [0.2, 0.25) is 0 Å². The van der Waals surface area contributed by atoms with E-state index in [0.29, 0.717) is 23.6 Å². The van der Waals surface area contributed by atoms with Gasteiger partial charge < -0.3 is 9.84 Å². The Morgan fingerprint density at radius 3 is 2.74 bits per heavy atom. The summed E-state index contributed by atoms with van der Waals surface area (Å²) in [4.78, 5) is 3.90. The molecule has 0 aliphatic heterocycles. The van der Waals surface area contributed by atoms with Gasteiger partial charge in [-0.3, -0.25) is 4.98 Å². The highest BCUT2D eigenvalue weighted by atomic mass is 19.1. The number of aliphatic hydroxyl groups excluding tert-OH is 1. The molecule has 3 nitrogen and oxygen atoms in total. The maximum atomic E-state index is 12.8. The number of rotatable bonds is 5. The number of hydrogen-bond donors (Lipinski definition) is 1. The van der Waals surface area contributed by atoms with Gasteiger partial charge in [-0.15, -0.1) is 0 Å². The van der Waals surface area contributed by atoms with Gasteiger partial charge >= 0.3 is 0 Å². The number of nitrogens with zero attached hydrogens (tertiary/aromatic N) is 1. The first-order valence-corrected chi connectivity index (χ1v) is 6.23. The lowest BCUT2D eigenvalue weighted by Crippen LogP contribution is -2.06. The fourth-order valence-electron chi connectivity index (χ4n) is 1.76. The summed E-state index contributed by atoms with van der Waals surface area (Å²) < 4.78 is 18.4. The molecule has 0 saturated carbocycles. The second kappa shape index (κ2) is 6.29. The largest absolute Gasteiger partial charge is 0.493 e. The molecule has 1 aromatic heterocycles. The summed E-state index contributed by atoms with van der Waals surface area (Å²) in [6, 6.07) is 10.00. The lowest BCUT2D eigenvalue weighted by molar-refractivity contribution is 0.206. The van der Waals surface area contributed by atoms with E-state index >= 15 is 0 Å². The molecule has 0 fully saturated rings. The van der Waals surface area contributed by atoms with Crippen LogP contribution in [0.3, 0.4) is 0 Å². The van der Waals surface area contributed by atoms with Gasteiger partial charge in [0.05, 0.1) is 18.5 Å². The van der Waals surface area contributed by atoms with Crippen molar-refractivity contribution < 1.29 is 14.2 Å². The molecular weight excluding hydrogens is 245 g/mol. The van der Waals surface area contributed by atoms with E-state index in [2.05, 4.69) is 4.98 Å². The van der Waals surface area contributed by atoms with Crippen molar-refractivity contribution in [2.24, 2.45) is 0 Å². The normalized spacial score (nSPS) is 12.2. The molecule has 2 aromatic rings. The molecule has 0 spiro atoms. The van der Waals surface area contributed by atoms with E-state index in [1.54, 1.807) is 12.1 Å². The molecule has 1 unspecified atom stereocenters. The van der Waals surface area contributed by atoms with Gasteiger partial charge in [-0.1, -0.05) is 25.1 Å². The van der Waals surface area contributed by atoms with Crippen LogP contribution in [0.5, 0.6) is 5.75 Å². The molecule has 4 heteroatoms. The summed E-state index contributed by atoms with van der Waals surface area (Å²) in [7, 11) is 0. The minimum absolute atomic E-state index is 0.397. The molecule has 100 valence electrons. The molecule has 1 aromatic carbocycles. The van der Waals surface area contributed by atoms with E-state index in [1.165, 1.54) is 12.1 Å². The molecule has 0 saturated heterocycles. The van der Waals surface area contributed by atoms with E-state index in [-0.39, 0.29) is 0 Å². The fraction of sp³-hybridized carbons (Fsp3) is 0.267. The van der Waals surface area contributed by atoms with Crippen molar-refractivity contribution in [1.82, 2.24) is 4.98 Å². The Labute approximate surface area is 111 Å². The molecule has 1 heterocycles. The van der Waals surface area contributed by atoms with Gasteiger partial charge in [0.2, 0.25) is 0 Å². The van der Waals surface area contributed by atoms with Crippen LogP contribution in [0.25, 0.3) is 0 Å². The molecule has 1 atom stereocenters. The third kappa shape index (κ3) is 3.29. The van der Waals surface area contributed by atoms with Crippen LogP contribution in [-0.4, -0.2) is 16.7 Å². The topological polar surface area (TPSA) is 42.4 Å². The van der Waals surface area contributed by atoms with Gasteiger partial charge in [-0.25, -0.2) is 4.39 Å². The average molecular weight is 261 g/mol. The Morgan fingerprint density at radius 1 is 1.26 bits per heavy atom. The third-order valence-corrected chi connectivity index (χ3v) is 2.71. The maximum Gasteiger partial charge on any atom is 0.141 e. The smallest absolute Gasteiger partial charge is 0.141 e. The Hall–Kier alpha value is -1.94. The van der Waals surface area contributed by atoms with Crippen LogP contribution in [0.1, 0.15) is 30.7 Å². The van der Waals surface area contributed by atoms with Gasteiger partial charge in [-0.2, -0.15) is 0 Å². The van der Waals surface area contributed by atoms with E-state index in [9.17, 15) is 9.50 Å². The number of aromatic nitrogens is 1. The van der Waals surface area contributed by atoms with Crippen LogP contribution < -0.4 is 4.74 Å². The lowest BCUT2D eigenvalue weighted by atomic mass is 10.0. The van der Waals surface area contributed by atoms with Crippen molar-refractivity contribution in [2.75, 3.05) is 6.61 Å². The number of ether oxygens (including phenoxy) is 1. The van der Waals surface area contributed by atoms with Crippen molar-refractivity contribution in [3.05, 3.63) is 59.7 Å². The second-order valence-electron chi connectivity index (χ2n) is 4.19. The minimum Gasteiger partial charge on any atom is -0.493 e. The summed E-state index contributed by atoms with van der Waals surface area (Å²) in [5.41, 5.74) is 1.03. The molecule has 19 heavy (non-hydrogen) atoms. The summed E-state index contributed by atoms with van der Waals surface area (Å²) in [6.45, 7) is 2.60. The van der Waals surface area contributed by atoms with Gasteiger partial charge in [-0.05, 0) is 24.6 Å². The molecule has 0 amide bonds. The Bertz CT molecular complexity index is 528. The Morgan fingerprint density at radius 2 is 2.05 bits per heavy atom. The number of para-hydroxylation sites is 1. The van der Waals surface area contributed by atoms with Crippen molar-refractivity contribution >= 4 is 0 Å². The predicted molar refractivity (Wildman–Crippen MR) is 70.5 cm³/mol. The molecule has 0 radical (unpaired) electrons. The number of halogens is 1. The predicted octanol–water partition coefficient (Wildman–Crippen LogP) is 3.09. The zero-order chi connectivity index (χ0) is 13.7. The van der Waals surface area contributed by atoms with E-state index in [4.69, 9.17) is 4.74 Å². The zero-order valence-corrected chi connectivity index (χ0v) is 10.7. The van der Waals surface area contributed by atoms with Crippen molar-refractivity contribution in [3.8, 4) is 5.75 Å². The van der Waals surface area contributed by atoms with Gasteiger partial charge in [0, 0.05) is 5.56 Å². The summed E-state index contributed by atoms with van der Waals surface area (Å²) >= 11 is 0. The average Bonchev–Trinajstić information content (AvgIpc) is 2.45. The van der Waals surface area contributed by atoms with Crippen LogP contribution in [0.4, 0.5) is 4.39 Å². The summed E-state index contributed by atoms with van der Waals surface area (Å²) in [5.74, 6) is 0.203. The molecule has 1 N–H and O–H groups in total. The number of pyridine rings is 1. The van der Waals surface area contributed by atoms with Crippen molar-refractivity contribution in [1.29, 1.82) is 0 Å². The van der Waals surface area contributed by atoms with Gasteiger partial charge in [0.1, 0.15) is 17.7 Å². The van der Waals surface area contributed by atoms with Crippen LogP contribution in [0.15, 0.2) is 42.6 Å². The number of benzene rings is 1. The monoisotopic (exact) mass is 261 g/mol. The minimum atomic E-state index is -0.923. The summed E-state index contributed by atoms with van der Waals surface area (Å²) in [5, 5.41) is 10.3. The number of aliphatic hydroxyl groups is 1. The van der Waals surface area contributed by atoms with Crippen LogP contribution in [-0.2, 0) is 0 Å². The highest BCUT2D eigenvalue weighted by Crippen LogP contribution is 2.29. The fourth-order valence-corrected chi connectivity index (χ4v) is 1.76. The third-order valence-electron chi connectivity index (χ3n) is 2.71. The number of hydrogen-bond acceptors (Lipinski definition) is 3. The van der Waals surface area contributed by atoms with E-state index in [0.717, 1.165) is 12.6 Å². The molecule has 0 bridgehead atoms. The first kappa shape index (κ1) is 13.5. The Kier molecular flexibility index (Phi) is 4.47. The van der Waals surface area contributed by atoms with E-state index < -0.39 is 11.9 Å². The first-order chi connectivity index (χ1) is 9.22. The highest BCUT2D eigenvalue weighted by Gasteiger charge is 2.16. The highest BCUT2D eigenvalue weighted by molar-refractivity contribution is 5.38. The Balaban J connectivity index is 2.27. The standard InChI is InChI=1S/C15H16FNO2/c1-2-9-19-14-6-4-3-5-12(14)15(18)13-8-7-11(16)10-17-13/h3-8,10,15,18H,2,9H2,1H3. The van der Waals surface area contributed by atoms with Crippen LogP contribution in [0, 0.1) is 5.82 Å². The lowest BCUT2D eigenvalue weighted by Gasteiger charge is -2.15. The maximum absolute atomic E-state index is 12.8. The quantitative estimate of drug-likeness (QED) is 0.899. The summed E-state index contributed by atoms with van der Waals surface area (Å²) in [6.07, 6.45) is 1.06. The van der Waals surface area contributed by atoms with Gasteiger partial charge in [0.15, 0.2) is 0 Å². The van der Waals surface area contributed by atoms with Gasteiger partial charge in [0.25, 0.3) is 0 Å². The van der Waals surface area contributed by atoms with Crippen molar-refractivity contribution in [3.63, 3.8) is 0 Å². The van der Waals surface area contributed by atoms with Crippen LogP contribution >= 0.6 is 0 Å². The van der Waals surface area contributed by atoms with Crippen molar-refractivity contribution in [2.45, 2.75) is 19.4 Å². The molecule has 0 aliphatic carbocycles. The molecule has 2 rings (SSSR count). The first-order valence-electron chi connectivity index (χ1n) is 6.23. The second-order valence-corrected chi connectivity index (χ2v) is 4.19. The SMILES string of the molecule is CCCOc1ccccc1C(O)c1ccc(F)cn1. The zero-order valence-electron chi connectivity index (χ0n) is 10.7.